The second kappa shape index (κ2) is 9.67. The van der Waals surface area contributed by atoms with Crippen LogP contribution in [0.2, 0.25) is 0 Å². The van der Waals surface area contributed by atoms with Gasteiger partial charge in [0, 0.05) is 12.6 Å². The quantitative estimate of drug-likeness (QED) is 0.601. The van der Waals surface area contributed by atoms with E-state index in [9.17, 15) is 0 Å². The van der Waals surface area contributed by atoms with Crippen molar-refractivity contribution in [3.05, 3.63) is 72.3 Å². The smallest absolute Gasteiger partial charge is 0.162 e. The number of hydrogen-bond donors (Lipinski definition) is 1. The van der Waals surface area contributed by atoms with Gasteiger partial charge >= 0.3 is 0 Å². The first-order valence-electron chi connectivity index (χ1n) is 9.10. The van der Waals surface area contributed by atoms with Crippen LogP contribution >= 0.6 is 0 Å². The maximum absolute atomic E-state index is 6.07. The Bertz CT molecular complexity index is 874. The van der Waals surface area contributed by atoms with Gasteiger partial charge in [0.05, 0.1) is 14.2 Å². The van der Waals surface area contributed by atoms with E-state index in [-0.39, 0.29) is 0 Å². The van der Waals surface area contributed by atoms with E-state index < -0.39 is 0 Å². The second-order valence-corrected chi connectivity index (χ2v) is 6.17. The summed E-state index contributed by atoms with van der Waals surface area (Å²) in [6, 6.07) is 21.6. The Morgan fingerprint density at radius 2 is 1.43 bits per heavy atom. The van der Waals surface area contributed by atoms with E-state index in [1.54, 1.807) is 14.2 Å². The van der Waals surface area contributed by atoms with Crippen LogP contribution in [-0.4, -0.2) is 27.4 Å². The lowest BCUT2D eigenvalue weighted by atomic mass is 10.0. The van der Waals surface area contributed by atoms with E-state index in [2.05, 4.69) is 0 Å². The van der Waals surface area contributed by atoms with Crippen molar-refractivity contribution in [3.63, 3.8) is 0 Å². The van der Waals surface area contributed by atoms with Crippen LogP contribution in [0.4, 0.5) is 0 Å². The van der Waals surface area contributed by atoms with Gasteiger partial charge in [-0.2, -0.15) is 0 Å². The number of nitrogens with two attached hydrogens (primary N) is 1. The van der Waals surface area contributed by atoms with E-state index in [0.29, 0.717) is 31.3 Å². The molecule has 0 radical (unpaired) electrons. The molecular weight excluding hydrogens is 354 g/mol. The molecule has 2 N–H and O–H groups in total. The summed E-state index contributed by atoms with van der Waals surface area (Å²) in [5.74, 6) is 2.78. The Morgan fingerprint density at radius 3 is 2.07 bits per heavy atom. The molecule has 0 atom stereocenters. The maximum Gasteiger partial charge on any atom is 0.162 e. The Balaban J connectivity index is 1.92. The summed E-state index contributed by atoms with van der Waals surface area (Å²) in [6.07, 6.45) is 0. The van der Waals surface area contributed by atoms with Crippen molar-refractivity contribution < 1.29 is 18.9 Å². The highest BCUT2D eigenvalue weighted by Crippen LogP contribution is 2.36. The first-order valence-corrected chi connectivity index (χ1v) is 9.10. The average Bonchev–Trinajstić information content (AvgIpc) is 2.76. The highest BCUT2D eigenvalue weighted by Gasteiger charge is 2.11. The molecule has 28 heavy (non-hydrogen) atoms. The molecule has 0 saturated heterocycles. The van der Waals surface area contributed by atoms with Crippen molar-refractivity contribution in [3.8, 4) is 34.1 Å². The van der Waals surface area contributed by atoms with Crippen LogP contribution in [0.1, 0.15) is 5.56 Å². The van der Waals surface area contributed by atoms with Crippen molar-refractivity contribution >= 4 is 0 Å². The fourth-order valence-electron chi connectivity index (χ4n) is 2.80. The maximum atomic E-state index is 6.07. The molecule has 3 aromatic carbocycles. The Kier molecular flexibility index (Phi) is 6.76. The molecule has 0 aliphatic heterocycles. The van der Waals surface area contributed by atoms with Gasteiger partial charge in [-0.15, -0.1) is 0 Å². The lowest BCUT2D eigenvalue weighted by Gasteiger charge is -2.15. The molecule has 5 nitrogen and oxygen atoms in total. The van der Waals surface area contributed by atoms with Gasteiger partial charge in [0.15, 0.2) is 11.5 Å². The van der Waals surface area contributed by atoms with Crippen molar-refractivity contribution in [1.29, 1.82) is 0 Å². The van der Waals surface area contributed by atoms with Crippen LogP contribution in [0.25, 0.3) is 11.1 Å². The molecule has 0 bridgehead atoms. The topological polar surface area (TPSA) is 62.9 Å². The van der Waals surface area contributed by atoms with Crippen molar-refractivity contribution in [2.24, 2.45) is 5.73 Å². The fraction of sp³-hybridized carbons (Fsp3) is 0.217. The van der Waals surface area contributed by atoms with E-state index in [4.69, 9.17) is 24.7 Å². The summed E-state index contributed by atoms with van der Waals surface area (Å²) in [5.41, 5.74) is 8.60. The van der Waals surface area contributed by atoms with Crippen LogP contribution in [0.15, 0.2) is 66.7 Å². The van der Waals surface area contributed by atoms with Gasteiger partial charge in [0.25, 0.3) is 0 Å². The SMILES string of the molecule is COc1cc(OC)cc(-c2ccc(OCCN)c(OCc3ccccc3)c2)c1. The summed E-state index contributed by atoms with van der Waals surface area (Å²) in [5, 5.41) is 0. The zero-order valence-corrected chi connectivity index (χ0v) is 16.2. The summed E-state index contributed by atoms with van der Waals surface area (Å²) in [7, 11) is 3.27. The molecular formula is C23H25NO4. The standard InChI is InChI=1S/C23H25NO4/c1-25-20-12-19(13-21(15-20)26-2)18-8-9-22(27-11-10-24)23(14-18)28-16-17-6-4-3-5-7-17/h3-9,12-15H,10-11,16,24H2,1-2H3. The van der Waals surface area contributed by atoms with Crippen LogP contribution < -0.4 is 24.7 Å². The van der Waals surface area contributed by atoms with E-state index in [0.717, 1.165) is 28.2 Å². The molecule has 3 rings (SSSR count). The average molecular weight is 379 g/mol. The molecule has 0 unspecified atom stereocenters. The van der Waals surface area contributed by atoms with Crippen molar-refractivity contribution in [2.75, 3.05) is 27.4 Å². The third kappa shape index (κ3) is 4.96. The number of methoxy groups -OCH3 is 2. The van der Waals surface area contributed by atoms with E-state index in [1.165, 1.54) is 0 Å². The molecule has 0 aliphatic rings. The van der Waals surface area contributed by atoms with Gasteiger partial charge in [-0.3, -0.25) is 0 Å². The van der Waals surface area contributed by atoms with Gasteiger partial charge in [0.2, 0.25) is 0 Å². The number of benzene rings is 3. The third-order valence-electron chi connectivity index (χ3n) is 4.24. The second-order valence-electron chi connectivity index (χ2n) is 6.17. The Hall–Kier alpha value is -3.18. The molecule has 0 aliphatic carbocycles. The molecule has 3 aromatic rings. The minimum atomic E-state index is 0.425. The summed E-state index contributed by atoms with van der Waals surface area (Å²) >= 11 is 0. The molecule has 5 heteroatoms. The molecule has 0 spiro atoms. The monoisotopic (exact) mass is 379 g/mol. The zero-order valence-electron chi connectivity index (χ0n) is 16.2. The van der Waals surface area contributed by atoms with Gasteiger partial charge < -0.3 is 24.7 Å². The minimum absolute atomic E-state index is 0.425. The highest BCUT2D eigenvalue weighted by atomic mass is 16.5. The van der Waals surface area contributed by atoms with Gasteiger partial charge in [-0.1, -0.05) is 36.4 Å². The largest absolute Gasteiger partial charge is 0.497 e. The van der Waals surface area contributed by atoms with Gasteiger partial charge in [-0.25, -0.2) is 0 Å². The van der Waals surface area contributed by atoms with Gasteiger partial charge in [-0.05, 0) is 41.0 Å². The Morgan fingerprint density at radius 1 is 0.714 bits per heavy atom. The van der Waals surface area contributed by atoms with Crippen LogP contribution in [-0.2, 0) is 6.61 Å². The summed E-state index contributed by atoms with van der Waals surface area (Å²) < 4.78 is 22.6. The van der Waals surface area contributed by atoms with Crippen LogP contribution in [0.3, 0.4) is 0 Å². The lowest BCUT2D eigenvalue weighted by Crippen LogP contribution is -2.11. The van der Waals surface area contributed by atoms with Crippen LogP contribution in [0.5, 0.6) is 23.0 Å². The zero-order chi connectivity index (χ0) is 19.8. The lowest BCUT2D eigenvalue weighted by molar-refractivity contribution is 0.266. The minimum Gasteiger partial charge on any atom is -0.497 e. The van der Waals surface area contributed by atoms with Crippen LogP contribution in [0, 0.1) is 0 Å². The summed E-state index contributed by atoms with van der Waals surface area (Å²) in [4.78, 5) is 0. The van der Waals surface area contributed by atoms with E-state index in [1.807, 2.05) is 66.7 Å². The number of rotatable bonds is 9. The first kappa shape index (κ1) is 19.6. The first-order chi connectivity index (χ1) is 13.7. The molecule has 146 valence electrons. The predicted molar refractivity (Wildman–Crippen MR) is 110 cm³/mol. The van der Waals surface area contributed by atoms with Crippen molar-refractivity contribution in [1.82, 2.24) is 0 Å². The Labute approximate surface area is 165 Å². The predicted octanol–water partition coefficient (Wildman–Crippen LogP) is 4.29. The number of ether oxygens (including phenoxy) is 4. The van der Waals surface area contributed by atoms with E-state index >= 15 is 0 Å². The molecule has 0 aromatic heterocycles. The molecule has 0 fully saturated rings. The normalized spacial score (nSPS) is 10.4. The van der Waals surface area contributed by atoms with Gasteiger partial charge in [0.1, 0.15) is 24.7 Å². The van der Waals surface area contributed by atoms with Crippen molar-refractivity contribution in [2.45, 2.75) is 6.61 Å². The number of hydrogen-bond acceptors (Lipinski definition) is 5. The molecule has 0 heterocycles. The highest BCUT2D eigenvalue weighted by molar-refractivity contribution is 5.70. The third-order valence-corrected chi connectivity index (χ3v) is 4.24. The summed E-state index contributed by atoms with van der Waals surface area (Å²) in [6.45, 7) is 1.31. The fourth-order valence-corrected chi connectivity index (χ4v) is 2.80. The molecule has 0 amide bonds. The molecule has 0 saturated carbocycles.